The van der Waals surface area contributed by atoms with Crippen LogP contribution in [0.25, 0.3) is 16.8 Å². The van der Waals surface area contributed by atoms with Gasteiger partial charge in [0.1, 0.15) is 17.2 Å². The summed E-state index contributed by atoms with van der Waals surface area (Å²) in [6.07, 6.45) is 4.98. The molecular weight excluding hydrogens is 500 g/mol. The van der Waals surface area contributed by atoms with Crippen molar-refractivity contribution in [3.05, 3.63) is 108 Å². The SMILES string of the molecule is COc1ccccc1/C=C1\CCC[C@H]2C1=NN(C(=O)COc1ccc3ccccc3c1)[C@H]2c1ccccc1OC. The molecule has 0 saturated heterocycles. The van der Waals surface area contributed by atoms with Crippen molar-refractivity contribution in [1.82, 2.24) is 5.01 Å². The number of rotatable bonds is 7. The van der Waals surface area contributed by atoms with Crippen molar-refractivity contribution in [3.8, 4) is 17.2 Å². The maximum absolute atomic E-state index is 13.8. The maximum Gasteiger partial charge on any atom is 0.281 e. The van der Waals surface area contributed by atoms with Gasteiger partial charge in [-0.2, -0.15) is 5.10 Å². The fourth-order valence-corrected chi connectivity index (χ4v) is 5.87. The average molecular weight is 533 g/mol. The Morgan fingerprint density at radius 1 is 0.900 bits per heavy atom. The fourth-order valence-electron chi connectivity index (χ4n) is 5.87. The van der Waals surface area contributed by atoms with Crippen LogP contribution in [0.1, 0.15) is 36.4 Å². The Labute approximate surface area is 234 Å². The number of benzene rings is 4. The summed E-state index contributed by atoms with van der Waals surface area (Å²) in [5, 5.41) is 8.81. The highest BCUT2D eigenvalue weighted by Crippen LogP contribution is 2.46. The molecule has 4 aromatic rings. The molecule has 2 aliphatic rings. The van der Waals surface area contributed by atoms with Crippen molar-refractivity contribution in [2.75, 3.05) is 20.8 Å². The lowest BCUT2D eigenvalue weighted by Crippen LogP contribution is -2.34. The van der Waals surface area contributed by atoms with Crippen LogP contribution in [0.4, 0.5) is 0 Å². The molecule has 6 rings (SSSR count). The van der Waals surface area contributed by atoms with Crippen LogP contribution in [0.15, 0.2) is 102 Å². The molecule has 1 aliphatic heterocycles. The van der Waals surface area contributed by atoms with Crippen LogP contribution in [0.2, 0.25) is 0 Å². The number of ether oxygens (including phenoxy) is 3. The lowest BCUT2D eigenvalue weighted by Gasteiger charge is -2.30. The quantitative estimate of drug-likeness (QED) is 0.256. The summed E-state index contributed by atoms with van der Waals surface area (Å²) in [6, 6.07) is 29.6. The number of carbonyl (C=O) groups excluding carboxylic acids is 1. The molecule has 1 saturated carbocycles. The molecule has 1 fully saturated rings. The first-order valence-electron chi connectivity index (χ1n) is 13.7. The average Bonchev–Trinajstić information content (AvgIpc) is 3.40. The smallest absolute Gasteiger partial charge is 0.281 e. The van der Waals surface area contributed by atoms with E-state index in [0.717, 1.165) is 63.9 Å². The van der Waals surface area contributed by atoms with E-state index >= 15 is 0 Å². The van der Waals surface area contributed by atoms with Gasteiger partial charge in [0, 0.05) is 17.0 Å². The van der Waals surface area contributed by atoms with Gasteiger partial charge in [-0.1, -0.05) is 66.7 Å². The van der Waals surface area contributed by atoms with Crippen molar-refractivity contribution in [3.63, 3.8) is 0 Å². The number of para-hydroxylation sites is 2. The molecule has 6 nitrogen and oxygen atoms in total. The Morgan fingerprint density at radius 2 is 1.62 bits per heavy atom. The number of fused-ring (bicyclic) bond motifs is 2. The summed E-state index contributed by atoms with van der Waals surface area (Å²) >= 11 is 0. The van der Waals surface area contributed by atoms with E-state index in [0.29, 0.717) is 5.75 Å². The number of nitrogens with zero attached hydrogens (tertiary/aromatic N) is 2. The van der Waals surface area contributed by atoms with Gasteiger partial charge in [0.05, 0.1) is 26.0 Å². The Bertz CT molecular complexity index is 1610. The van der Waals surface area contributed by atoms with Crippen molar-refractivity contribution < 1.29 is 19.0 Å². The molecular formula is C34H32N2O4. The normalized spacial score (nSPS) is 19.3. The minimum Gasteiger partial charge on any atom is -0.496 e. The zero-order chi connectivity index (χ0) is 27.5. The van der Waals surface area contributed by atoms with Crippen LogP contribution in [0.5, 0.6) is 17.2 Å². The number of methoxy groups -OCH3 is 2. The van der Waals surface area contributed by atoms with Crippen molar-refractivity contribution in [2.24, 2.45) is 11.0 Å². The molecule has 1 aliphatic carbocycles. The second kappa shape index (κ2) is 11.3. The van der Waals surface area contributed by atoms with Gasteiger partial charge in [-0.25, -0.2) is 5.01 Å². The predicted molar refractivity (Wildman–Crippen MR) is 158 cm³/mol. The third-order valence-corrected chi connectivity index (χ3v) is 7.77. The van der Waals surface area contributed by atoms with Gasteiger partial charge in [0.15, 0.2) is 6.61 Å². The lowest BCUT2D eigenvalue weighted by atomic mass is 9.77. The van der Waals surface area contributed by atoms with E-state index in [1.807, 2.05) is 84.9 Å². The molecule has 4 aromatic carbocycles. The fraction of sp³-hybridized carbons (Fsp3) is 0.235. The van der Waals surface area contributed by atoms with E-state index in [1.54, 1.807) is 19.2 Å². The van der Waals surface area contributed by atoms with Gasteiger partial charge >= 0.3 is 0 Å². The monoisotopic (exact) mass is 532 g/mol. The summed E-state index contributed by atoms with van der Waals surface area (Å²) in [5.41, 5.74) is 4.03. The second-order valence-corrected chi connectivity index (χ2v) is 10.1. The van der Waals surface area contributed by atoms with Crippen molar-refractivity contribution in [1.29, 1.82) is 0 Å². The molecule has 0 bridgehead atoms. The van der Waals surface area contributed by atoms with E-state index in [2.05, 4.69) is 12.1 Å². The highest BCUT2D eigenvalue weighted by molar-refractivity contribution is 6.08. The Hall–Kier alpha value is -4.58. The van der Waals surface area contributed by atoms with Crippen molar-refractivity contribution >= 4 is 28.5 Å². The molecule has 0 aromatic heterocycles. The molecule has 6 heteroatoms. The summed E-state index contributed by atoms with van der Waals surface area (Å²) < 4.78 is 17.3. The first-order valence-corrected chi connectivity index (χ1v) is 13.7. The topological polar surface area (TPSA) is 60.4 Å². The number of hydrogen-bond acceptors (Lipinski definition) is 5. The third kappa shape index (κ3) is 4.93. The Balaban J connectivity index is 1.34. The van der Waals surface area contributed by atoms with Crippen LogP contribution in [-0.4, -0.2) is 37.5 Å². The summed E-state index contributed by atoms with van der Waals surface area (Å²) in [6.45, 7) is -0.112. The van der Waals surface area contributed by atoms with Gasteiger partial charge in [-0.15, -0.1) is 0 Å². The van der Waals surface area contributed by atoms with E-state index in [-0.39, 0.29) is 24.5 Å². The minimum atomic E-state index is -0.278. The van der Waals surface area contributed by atoms with Gasteiger partial charge in [-0.3, -0.25) is 4.79 Å². The predicted octanol–water partition coefficient (Wildman–Crippen LogP) is 7.06. The molecule has 0 N–H and O–H groups in total. The van der Waals surface area contributed by atoms with Crippen LogP contribution in [-0.2, 0) is 4.79 Å². The van der Waals surface area contributed by atoms with Crippen LogP contribution in [0, 0.1) is 5.92 Å². The van der Waals surface area contributed by atoms with Gasteiger partial charge in [0.25, 0.3) is 5.91 Å². The number of hydrazone groups is 1. The van der Waals surface area contributed by atoms with Crippen LogP contribution in [0.3, 0.4) is 0 Å². The Kier molecular flexibility index (Phi) is 7.23. The largest absolute Gasteiger partial charge is 0.496 e. The van der Waals surface area contributed by atoms with Gasteiger partial charge in [0.2, 0.25) is 0 Å². The van der Waals surface area contributed by atoms with E-state index < -0.39 is 0 Å². The van der Waals surface area contributed by atoms with E-state index in [4.69, 9.17) is 19.3 Å². The first-order chi connectivity index (χ1) is 19.7. The zero-order valence-electron chi connectivity index (χ0n) is 22.7. The molecule has 2 atom stereocenters. The molecule has 202 valence electrons. The first kappa shape index (κ1) is 25.7. The minimum absolute atomic E-state index is 0.0515. The molecule has 1 amide bonds. The van der Waals surface area contributed by atoms with E-state index in [1.165, 1.54) is 0 Å². The molecule has 0 spiro atoms. The molecule has 0 radical (unpaired) electrons. The van der Waals surface area contributed by atoms with Crippen LogP contribution >= 0.6 is 0 Å². The highest BCUT2D eigenvalue weighted by Gasteiger charge is 2.44. The zero-order valence-corrected chi connectivity index (χ0v) is 22.7. The van der Waals surface area contributed by atoms with E-state index in [9.17, 15) is 4.79 Å². The molecule has 0 unspecified atom stereocenters. The number of carbonyl (C=O) groups is 1. The summed E-state index contributed by atoms with van der Waals surface area (Å²) in [5.74, 6) is 2.08. The van der Waals surface area contributed by atoms with Gasteiger partial charge < -0.3 is 14.2 Å². The lowest BCUT2D eigenvalue weighted by molar-refractivity contribution is -0.135. The summed E-state index contributed by atoms with van der Waals surface area (Å²) in [7, 11) is 3.35. The standard InChI is InChI=1S/C34H32N2O4/c1-38-30-16-7-5-12-25(30)20-26-13-9-15-29-33(26)35-36(34(29)28-14-6-8-17-31(28)39-2)32(37)22-40-27-19-18-23-10-3-4-11-24(23)21-27/h3-8,10-12,14,16-21,29,34H,9,13,15,22H2,1-2H3/b26-20+/t29-,34-/m0/s1. The van der Waals surface area contributed by atoms with Crippen molar-refractivity contribution in [2.45, 2.75) is 25.3 Å². The van der Waals surface area contributed by atoms with Crippen LogP contribution < -0.4 is 14.2 Å². The number of hydrogen-bond donors (Lipinski definition) is 0. The number of amides is 1. The molecule has 40 heavy (non-hydrogen) atoms. The number of allylic oxidation sites excluding steroid dienone is 1. The second-order valence-electron chi connectivity index (χ2n) is 10.1. The summed E-state index contributed by atoms with van der Waals surface area (Å²) in [4.78, 5) is 13.8. The Morgan fingerprint density at radius 3 is 2.45 bits per heavy atom. The van der Waals surface area contributed by atoms with Gasteiger partial charge in [-0.05, 0) is 65.9 Å². The maximum atomic E-state index is 13.8. The molecule has 1 heterocycles. The third-order valence-electron chi connectivity index (χ3n) is 7.77. The highest BCUT2D eigenvalue weighted by atomic mass is 16.5.